The third-order valence-electron chi connectivity index (χ3n) is 2.32. The van der Waals surface area contributed by atoms with E-state index in [0.29, 0.717) is 17.8 Å². The van der Waals surface area contributed by atoms with Gasteiger partial charge >= 0.3 is 0 Å². The van der Waals surface area contributed by atoms with E-state index in [1.807, 2.05) is 0 Å². The fourth-order valence-electron chi connectivity index (χ4n) is 1.44. The summed E-state index contributed by atoms with van der Waals surface area (Å²) in [5.74, 6) is -3.13. The van der Waals surface area contributed by atoms with Gasteiger partial charge < -0.3 is 11.1 Å². The van der Waals surface area contributed by atoms with Crippen LogP contribution < -0.4 is 11.1 Å². The maximum absolute atomic E-state index is 13.4. The van der Waals surface area contributed by atoms with E-state index in [9.17, 15) is 13.2 Å². The quantitative estimate of drug-likeness (QED) is 0.808. The molecule has 1 heterocycles. The van der Waals surface area contributed by atoms with Gasteiger partial charge in [0.15, 0.2) is 17.5 Å². The SMILES string of the molecule is Cc1cnc(Nc2cc(F)c(F)cc2F)c(N)c1. The van der Waals surface area contributed by atoms with Gasteiger partial charge in [-0.05, 0) is 18.6 Å². The molecule has 0 unspecified atom stereocenters. The van der Waals surface area contributed by atoms with E-state index in [4.69, 9.17) is 5.73 Å². The average Bonchev–Trinajstić information content (AvgIpc) is 2.29. The number of hydrogen-bond donors (Lipinski definition) is 2. The van der Waals surface area contributed by atoms with Crippen LogP contribution in [0.1, 0.15) is 5.56 Å². The van der Waals surface area contributed by atoms with Crippen LogP contribution in [0.5, 0.6) is 0 Å². The first kappa shape index (κ1) is 12.2. The second-order valence-corrected chi connectivity index (χ2v) is 3.82. The van der Waals surface area contributed by atoms with Crippen molar-refractivity contribution in [3.8, 4) is 0 Å². The summed E-state index contributed by atoms with van der Waals surface area (Å²) >= 11 is 0. The Morgan fingerprint density at radius 2 is 1.72 bits per heavy atom. The van der Waals surface area contributed by atoms with E-state index in [-0.39, 0.29) is 11.5 Å². The lowest BCUT2D eigenvalue weighted by molar-refractivity contribution is 0.496. The standard InChI is InChI=1S/C12H10F3N3/c1-6-2-10(16)12(17-5-6)18-11-4-8(14)7(13)3-9(11)15/h2-5H,16H2,1H3,(H,17,18). The lowest BCUT2D eigenvalue weighted by atomic mass is 10.2. The molecular formula is C12H10F3N3. The Bertz CT molecular complexity index is 599. The van der Waals surface area contributed by atoms with Gasteiger partial charge in [0, 0.05) is 18.3 Å². The Labute approximate surface area is 101 Å². The fourth-order valence-corrected chi connectivity index (χ4v) is 1.44. The summed E-state index contributed by atoms with van der Waals surface area (Å²) in [4.78, 5) is 3.95. The van der Waals surface area contributed by atoms with Crippen LogP contribution in [-0.2, 0) is 0 Å². The molecule has 3 nitrogen and oxygen atoms in total. The zero-order valence-corrected chi connectivity index (χ0v) is 9.47. The van der Waals surface area contributed by atoms with Crippen LogP contribution >= 0.6 is 0 Å². The first-order valence-electron chi connectivity index (χ1n) is 5.11. The summed E-state index contributed by atoms with van der Waals surface area (Å²) < 4.78 is 39.1. The van der Waals surface area contributed by atoms with E-state index >= 15 is 0 Å². The molecule has 0 atom stereocenters. The Morgan fingerprint density at radius 3 is 2.39 bits per heavy atom. The molecule has 6 heteroatoms. The van der Waals surface area contributed by atoms with Crippen molar-refractivity contribution in [2.75, 3.05) is 11.1 Å². The van der Waals surface area contributed by atoms with Crippen LogP contribution in [0.3, 0.4) is 0 Å². The molecule has 1 aromatic heterocycles. The van der Waals surface area contributed by atoms with Gasteiger partial charge in [-0.3, -0.25) is 0 Å². The largest absolute Gasteiger partial charge is 0.396 e. The van der Waals surface area contributed by atoms with E-state index < -0.39 is 17.5 Å². The Balaban J connectivity index is 2.37. The number of benzene rings is 1. The van der Waals surface area contributed by atoms with Gasteiger partial charge in [0.25, 0.3) is 0 Å². The summed E-state index contributed by atoms with van der Waals surface area (Å²) in [6.45, 7) is 1.80. The normalized spacial score (nSPS) is 10.4. The maximum Gasteiger partial charge on any atom is 0.161 e. The van der Waals surface area contributed by atoms with Gasteiger partial charge in [0.2, 0.25) is 0 Å². The van der Waals surface area contributed by atoms with E-state index in [1.165, 1.54) is 6.20 Å². The smallest absolute Gasteiger partial charge is 0.161 e. The minimum atomic E-state index is -1.25. The number of pyridine rings is 1. The van der Waals surface area contributed by atoms with Crippen LogP contribution in [0.25, 0.3) is 0 Å². The third-order valence-corrected chi connectivity index (χ3v) is 2.32. The molecule has 0 bridgehead atoms. The Hall–Kier alpha value is -2.24. The number of nitrogens with two attached hydrogens (primary N) is 1. The fraction of sp³-hybridized carbons (Fsp3) is 0.0833. The molecule has 0 spiro atoms. The molecule has 18 heavy (non-hydrogen) atoms. The first-order chi connectivity index (χ1) is 8.47. The number of aryl methyl sites for hydroxylation is 1. The van der Waals surface area contributed by atoms with Crippen LogP contribution in [0.15, 0.2) is 24.4 Å². The molecular weight excluding hydrogens is 243 g/mol. The summed E-state index contributed by atoms with van der Waals surface area (Å²) in [5, 5.41) is 2.52. The van der Waals surface area contributed by atoms with Crippen molar-refractivity contribution >= 4 is 17.2 Å². The van der Waals surface area contributed by atoms with Crippen LogP contribution in [0.4, 0.5) is 30.4 Å². The topological polar surface area (TPSA) is 50.9 Å². The lowest BCUT2D eigenvalue weighted by Gasteiger charge is -2.10. The molecule has 94 valence electrons. The number of nitrogens with one attached hydrogen (secondary N) is 1. The molecule has 0 amide bonds. The minimum Gasteiger partial charge on any atom is -0.396 e. The lowest BCUT2D eigenvalue weighted by Crippen LogP contribution is -2.02. The number of nitrogen functional groups attached to an aromatic ring is 1. The number of rotatable bonds is 2. The van der Waals surface area contributed by atoms with E-state index in [0.717, 1.165) is 5.56 Å². The highest BCUT2D eigenvalue weighted by Crippen LogP contribution is 2.25. The first-order valence-corrected chi connectivity index (χ1v) is 5.11. The van der Waals surface area contributed by atoms with E-state index in [1.54, 1.807) is 13.0 Å². The molecule has 2 aromatic rings. The predicted octanol–water partition coefficient (Wildman–Crippen LogP) is 3.13. The zero-order valence-electron chi connectivity index (χ0n) is 9.47. The number of nitrogens with zero attached hydrogens (tertiary/aromatic N) is 1. The zero-order chi connectivity index (χ0) is 13.3. The number of aromatic nitrogens is 1. The molecule has 0 radical (unpaired) electrons. The monoisotopic (exact) mass is 253 g/mol. The van der Waals surface area contributed by atoms with Gasteiger partial charge in [0.05, 0.1) is 11.4 Å². The van der Waals surface area contributed by atoms with Crippen LogP contribution in [0.2, 0.25) is 0 Å². The molecule has 0 aliphatic heterocycles. The van der Waals surface area contributed by atoms with Crippen molar-refractivity contribution in [1.82, 2.24) is 4.98 Å². The van der Waals surface area contributed by atoms with Crippen LogP contribution in [0, 0.1) is 24.4 Å². The van der Waals surface area contributed by atoms with Crippen molar-refractivity contribution in [3.05, 3.63) is 47.4 Å². The highest BCUT2D eigenvalue weighted by molar-refractivity contribution is 5.69. The minimum absolute atomic E-state index is 0.186. The second-order valence-electron chi connectivity index (χ2n) is 3.82. The highest BCUT2D eigenvalue weighted by atomic mass is 19.2. The number of anilines is 3. The van der Waals surface area contributed by atoms with E-state index in [2.05, 4.69) is 10.3 Å². The molecule has 2 rings (SSSR count). The molecule has 0 saturated carbocycles. The third kappa shape index (κ3) is 2.37. The van der Waals surface area contributed by atoms with Gasteiger partial charge in [-0.2, -0.15) is 0 Å². The van der Waals surface area contributed by atoms with Gasteiger partial charge in [-0.25, -0.2) is 18.2 Å². The Kier molecular flexibility index (Phi) is 3.10. The molecule has 0 saturated heterocycles. The van der Waals surface area contributed by atoms with Crippen LogP contribution in [-0.4, -0.2) is 4.98 Å². The molecule has 0 fully saturated rings. The summed E-state index contributed by atoms with van der Waals surface area (Å²) in [5.41, 5.74) is 6.57. The summed E-state index contributed by atoms with van der Waals surface area (Å²) in [7, 11) is 0. The van der Waals surface area contributed by atoms with Crippen molar-refractivity contribution < 1.29 is 13.2 Å². The molecule has 0 aliphatic carbocycles. The number of hydrogen-bond acceptors (Lipinski definition) is 3. The van der Waals surface area contributed by atoms with Crippen molar-refractivity contribution in [3.63, 3.8) is 0 Å². The van der Waals surface area contributed by atoms with Gasteiger partial charge in [0.1, 0.15) is 5.82 Å². The Morgan fingerprint density at radius 1 is 1.06 bits per heavy atom. The summed E-state index contributed by atoms with van der Waals surface area (Å²) in [6, 6.07) is 2.81. The van der Waals surface area contributed by atoms with Crippen molar-refractivity contribution in [1.29, 1.82) is 0 Å². The number of halogens is 3. The highest BCUT2D eigenvalue weighted by Gasteiger charge is 2.11. The molecule has 3 N–H and O–H groups in total. The predicted molar refractivity (Wildman–Crippen MR) is 63.0 cm³/mol. The summed E-state index contributed by atoms with van der Waals surface area (Å²) in [6.07, 6.45) is 1.52. The average molecular weight is 253 g/mol. The van der Waals surface area contributed by atoms with Crippen molar-refractivity contribution in [2.45, 2.75) is 6.92 Å². The molecule has 0 aliphatic rings. The van der Waals surface area contributed by atoms with Crippen molar-refractivity contribution in [2.24, 2.45) is 0 Å². The maximum atomic E-state index is 13.4. The second kappa shape index (κ2) is 4.56. The van der Waals surface area contributed by atoms with Gasteiger partial charge in [-0.1, -0.05) is 0 Å². The molecule has 1 aromatic carbocycles. The van der Waals surface area contributed by atoms with Gasteiger partial charge in [-0.15, -0.1) is 0 Å².